The predicted octanol–water partition coefficient (Wildman–Crippen LogP) is 1.10. The third-order valence-corrected chi connectivity index (χ3v) is 4.09. The Bertz CT molecular complexity index is 669. The molecule has 2 aliphatic rings. The van der Waals surface area contributed by atoms with Crippen LogP contribution in [0.25, 0.3) is 0 Å². The highest BCUT2D eigenvalue weighted by Crippen LogP contribution is 2.19. The molecule has 1 aromatic rings. The number of carboxylic acids is 1. The molecule has 1 aromatic heterocycles. The zero-order valence-corrected chi connectivity index (χ0v) is 15.2. The minimum atomic E-state index is -5.08. The number of imidazole rings is 1. The van der Waals surface area contributed by atoms with E-state index in [0.717, 1.165) is 44.0 Å². The van der Waals surface area contributed by atoms with Gasteiger partial charge in [-0.3, -0.25) is 4.79 Å². The molecule has 1 amide bonds. The lowest BCUT2D eigenvalue weighted by molar-refractivity contribution is -0.192. The maximum Gasteiger partial charge on any atom is 0.490 e. The van der Waals surface area contributed by atoms with Crippen LogP contribution < -0.4 is 0 Å². The van der Waals surface area contributed by atoms with E-state index in [1.807, 2.05) is 19.0 Å². The van der Waals surface area contributed by atoms with Crippen molar-refractivity contribution in [3.8, 4) is 0 Å². The Labute approximate surface area is 154 Å². The highest BCUT2D eigenvalue weighted by molar-refractivity contribution is 5.81. The number of carboxylic acid groups (broad SMARTS) is 1. The number of hydrogen-bond acceptors (Lipinski definition) is 5. The smallest absolute Gasteiger partial charge is 0.475 e. The number of halogens is 3. The van der Waals surface area contributed by atoms with Crippen LogP contribution in [-0.2, 0) is 34.0 Å². The quantitative estimate of drug-likeness (QED) is 0.829. The molecule has 0 radical (unpaired) electrons. The summed E-state index contributed by atoms with van der Waals surface area (Å²) in [5.41, 5.74) is 1.07. The second-order valence-electron chi connectivity index (χ2n) is 6.64. The number of amides is 1. The Morgan fingerprint density at radius 2 is 2.04 bits per heavy atom. The van der Waals surface area contributed by atoms with Crippen molar-refractivity contribution in [3.63, 3.8) is 0 Å². The summed E-state index contributed by atoms with van der Waals surface area (Å²) in [6, 6.07) is 0. The molecule has 1 N–H and O–H groups in total. The van der Waals surface area contributed by atoms with Gasteiger partial charge in [-0.15, -0.1) is 0 Å². The Morgan fingerprint density at radius 1 is 1.37 bits per heavy atom. The van der Waals surface area contributed by atoms with Crippen LogP contribution in [0.2, 0.25) is 0 Å². The van der Waals surface area contributed by atoms with Gasteiger partial charge in [0.05, 0.1) is 12.2 Å². The van der Waals surface area contributed by atoms with Crippen molar-refractivity contribution >= 4 is 11.9 Å². The molecule has 1 saturated heterocycles. The van der Waals surface area contributed by atoms with Crippen LogP contribution in [0.5, 0.6) is 0 Å². The van der Waals surface area contributed by atoms with Crippen molar-refractivity contribution in [2.75, 3.05) is 27.2 Å². The second-order valence-corrected chi connectivity index (χ2v) is 6.64. The molecule has 8 nitrogen and oxygen atoms in total. The number of alkyl halides is 3. The van der Waals surface area contributed by atoms with Gasteiger partial charge in [0.25, 0.3) is 5.91 Å². The lowest BCUT2D eigenvalue weighted by atomic mass is 10.2. The normalized spacial score (nSPS) is 19.5. The average Bonchev–Trinajstić information content (AvgIpc) is 3.21. The minimum absolute atomic E-state index is 0.130. The zero-order valence-electron chi connectivity index (χ0n) is 15.2. The Kier molecular flexibility index (Phi) is 6.82. The van der Waals surface area contributed by atoms with Crippen LogP contribution in [0.3, 0.4) is 0 Å². The lowest BCUT2D eigenvalue weighted by Gasteiger charge is -2.29. The Morgan fingerprint density at radius 3 is 2.56 bits per heavy atom. The minimum Gasteiger partial charge on any atom is -0.475 e. The van der Waals surface area contributed by atoms with E-state index < -0.39 is 12.1 Å². The molecular weight excluding hydrogens is 369 g/mol. The fourth-order valence-corrected chi connectivity index (χ4v) is 2.88. The fourth-order valence-electron chi connectivity index (χ4n) is 2.88. The number of carbonyl (C=O) groups is 2. The van der Waals surface area contributed by atoms with Gasteiger partial charge in [0.2, 0.25) is 0 Å². The summed E-state index contributed by atoms with van der Waals surface area (Å²) < 4.78 is 39.4. The first-order valence-corrected chi connectivity index (χ1v) is 8.48. The molecular formula is C16H23F3N4O4. The van der Waals surface area contributed by atoms with Crippen molar-refractivity contribution in [3.05, 3.63) is 17.7 Å². The van der Waals surface area contributed by atoms with Crippen molar-refractivity contribution in [1.82, 2.24) is 19.4 Å². The predicted molar refractivity (Wildman–Crippen MR) is 87.7 cm³/mol. The summed E-state index contributed by atoms with van der Waals surface area (Å²) in [7, 11) is 4.07. The first kappa shape index (κ1) is 21.2. The number of aliphatic carboxylic acids is 1. The monoisotopic (exact) mass is 392 g/mol. The highest BCUT2D eigenvalue weighted by atomic mass is 19.4. The third-order valence-electron chi connectivity index (χ3n) is 4.09. The lowest BCUT2D eigenvalue weighted by Crippen LogP contribution is -2.43. The van der Waals surface area contributed by atoms with Crippen LogP contribution >= 0.6 is 0 Å². The van der Waals surface area contributed by atoms with Crippen LogP contribution in [0.4, 0.5) is 13.2 Å². The molecule has 1 unspecified atom stereocenters. The molecule has 1 fully saturated rings. The molecule has 0 aliphatic carbocycles. The largest absolute Gasteiger partial charge is 0.490 e. The van der Waals surface area contributed by atoms with Gasteiger partial charge in [-0.1, -0.05) is 0 Å². The summed E-state index contributed by atoms with van der Waals surface area (Å²) in [6.45, 7) is 3.73. The first-order chi connectivity index (χ1) is 12.6. The molecule has 152 valence electrons. The summed E-state index contributed by atoms with van der Waals surface area (Å²) >= 11 is 0. The van der Waals surface area contributed by atoms with E-state index >= 15 is 0 Å². The number of nitrogens with zero attached hydrogens (tertiary/aromatic N) is 4. The van der Waals surface area contributed by atoms with Gasteiger partial charge in [0.15, 0.2) is 0 Å². The number of fused-ring (bicyclic) bond motifs is 1. The van der Waals surface area contributed by atoms with Crippen LogP contribution in [0.1, 0.15) is 24.4 Å². The van der Waals surface area contributed by atoms with Crippen LogP contribution in [-0.4, -0.2) is 75.9 Å². The molecule has 27 heavy (non-hydrogen) atoms. The van der Waals surface area contributed by atoms with Gasteiger partial charge in [-0.05, 0) is 26.9 Å². The van der Waals surface area contributed by atoms with Gasteiger partial charge in [-0.25, -0.2) is 9.78 Å². The SMILES string of the molecule is CN(C)Cc1cn2c(n1)CN(C(=O)C1CCCO1)CC2.O=C(O)C(F)(F)F. The van der Waals surface area contributed by atoms with Crippen LogP contribution in [0.15, 0.2) is 6.20 Å². The topological polar surface area (TPSA) is 87.9 Å². The molecule has 3 heterocycles. The van der Waals surface area contributed by atoms with E-state index in [9.17, 15) is 18.0 Å². The third kappa shape index (κ3) is 5.93. The maximum absolute atomic E-state index is 12.4. The first-order valence-electron chi connectivity index (χ1n) is 8.48. The summed E-state index contributed by atoms with van der Waals surface area (Å²) in [6.07, 6.45) is -1.36. The van der Waals surface area contributed by atoms with Crippen LogP contribution in [0, 0.1) is 0 Å². The Balaban J connectivity index is 0.000000321. The van der Waals surface area contributed by atoms with Crippen molar-refractivity contribution < 1.29 is 32.6 Å². The van der Waals surface area contributed by atoms with E-state index in [0.29, 0.717) is 13.2 Å². The standard InChI is InChI=1S/C14H22N4O2.C2HF3O2/c1-16(2)8-11-9-17-5-6-18(10-13(17)15-11)14(19)12-4-3-7-20-12;3-2(4,5)1(6)7/h9,12H,3-8,10H2,1-2H3;(H,6,7). The molecule has 0 aromatic carbocycles. The highest BCUT2D eigenvalue weighted by Gasteiger charge is 2.38. The number of ether oxygens (including phenoxy) is 1. The van der Waals surface area contributed by atoms with Crippen molar-refractivity contribution in [2.45, 2.75) is 44.8 Å². The fraction of sp³-hybridized carbons (Fsp3) is 0.688. The molecule has 11 heteroatoms. The van der Waals surface area contributed by atoms with E-state index in [2.05, 4.69) is 20.6 Å². The Hall–Kier alpha value is -2.14. The van der Waals surface area contributed by atoms with Crippen molar-refractivity contribution in [1.29, 1.82) is 0 Å². The van der Waals surface area contributed by atoms with Gasteiger partial charge in [0, 0.05) is 32.4 Å². The number of carbonyl (C=O) groups excluding carboxylic acids is 1. The van der Waals surface area contributed by atoms with Gasteiger partial charge < -0.3 is 24.2 Å². The number of hydrogen-bond donors (Lipinski definition) is 1. The van der Waals surface area contributed by atoms with E-state index in [4.69, 9.17) is 14.6 Å². The van der Waals surface area contributed by atoms with Gasteiger partial charge in [0.1, 0.15) is 11.9 Å². The van der Waals surface area contributed by atoms with E-state index in [-0.39, 0.29) is 12.0 Å². The maximum atomic E-state index is 12.4. The molecule has 0 saturated carbocycles. The van der Waals surface area contributed by atoms with E-state index in [1.54, 1.807) is 0 Å². The summed E-state index contributed by atoms with van der Waals surface area (Å²) in [5.74, 6) is -1.64. The summed E-state index contributed by atoms with van der Waals surface area (Å²) in [5, 5.41) is 7.12. The molecule has 1 atom stereocenters. The van der Waals surface area contributed by atoms with Gasteiger partial charge >= 0.3 is 12.1 Å². The zero-order chi connectivity index (χ0) is 20.2. The molecule has 0 bridgehead atoms. The summed E-state index contributed by atoms with van der Waals surface area (Å²) in [4.78, 5) is 29.9. The van der Waals surface area contributed by atoms with E-state index in [1.165, 1.54) is 0 Å². The second kappa shape index (κ2) is 8.70. The number of rotatable bonds is 3. The molecule has 3 rings (SSSR count). The molecule has 0 spiro atoms. The van der Waals surface area contributed by atoms with Crippen molar-refractivity contribution in [2.24, 2.45) is 0 Å². The van der Waals surface area contributed by atoms with Gasteiger partial charge in [-0.2, -0.15) is 13.2 Å². The average molecular weight is 392 g/mol. The number of aromatic nitrogens is 2. The molecule has 2 aliphatic heterocycles.